The number of ether oxygens (including phenoxy) is 1. The van der Waals surface area contributed by atoms with Gasteiger partial charge in [-0.25, -0.2) is 8.42 Å². The van der Waals surface area contributed by atoms with E-state index in [0.29, 0.717) is 29.8 Å². The van der Waals surface area contributed by atoms with Crippen molar-refractivity contribution in [1.29, 1.82) is 0 Å². The van der Waals surface area contributed by atoms with Crippen LogP contribution < -0.4 is 4.74 Å². The van der Waals surface area contributed by atoms with Gasteiger partial charge in [-0.05, 0) is 54.1 Å². The predicted molar refractivity (Wildman–Crippen MR) is 98.7 cm³/mol. The van der Waals surface area contributed by atoms with Crippen LogP contribution in [0.2, 0.25) is 0 Å². The van der Waals surface area contributed by atoms with Gasteiger partial charge in [0, 0.05) is 37.1 Å². The summed E-state index contributed by atoms with van der Waals surface area (Å²) in [6.07, 6.45) is 1.08. The minimum Gasteiger partial charge on any atom is -0.496 e. The Morgan fingerprint density at radius 2 is 2.04 bits per heavy atom. The van der Waals surface area contributed by atoms with Gasteiger partial charge < -0.3 is 4.74 Å². The molecule has 2 aliphatic rings. The van der Waals surface area contributed by atoms with Crippen molar-refractivity contribution in [3.63, 3.8) is 0 Å². The highest BCUT2D eigenvalue weighted by Gasteiger charge is 2.40. The molecule has 3 heterocycles. The van der Waals surface area contributed by atoms with Crippen LogP contribution >= 0.6 is 11.3 Å². The van der Waals surface area contributed by atoms with E-state index in [4.69, 9.17) is 4.74 Å². The van der Waals surface area contributed by atoms with E-state index < -0.39 is 10.0 Å². The Balaban J connectivity index is 1.44. The number of sulfonamides is 1. The molecule has 2 aromatic rings. The maximum absolute atomic E-state index is 12.8. The number of aryl methyl sites for hydroxylation is 1. The Kier molecular flexibility index (Phi) is 4.35. The zero-order valence-corrected chi connectivity index (χ0v) is 16.1. The topological polar surface area (TPSA) is 49.9 Å². The van der Waals surface area contributed by atoms with E-state index in [2.05, 4.69) is 16.3 Å². The Morgan fingerprint density at radius 1 is 1.24 bits per heavy atom. The number of thiophene rings is 1. The van der Waals surface area contributed by atoms with Crippen LogP contribution in [0.4, 0.5) is 0 Å². The summed E-state index contributed by atoms with van der Waals surface area (Å²) >= 11 is 1.83. The average Bonchev–Trinajstić information content (AvgIpc) is 3.01. The third-order valence-corrected chi connectivity index (χ3v) is 8.04. The van der Waals surface area contributed by atoms with Gasteiger partial charge >= 0.3 is 0 Å². The highest BCUT2D eigenvalue weighted by molar-refractivity contribution is 7.89. The molecule has 1 aromatic heterocycles. The quantitative estimate of drug-likeness (QED) is 0.820. The molecule has 0 spiro atoms. The van der Waals surface area contributed by atoms with Crippen LogP contribution in [-0.2, 0) is 23.0 Å². The van der Waals surface area contributed by atoms with Crippen molar-refractivity contribution in [2.45, 2.75) is 30.8 Å². The summed E-state index contributed by atoms with van der Waals surface area (Å²) in [6, 6.07) is 7.57. The fourth-order valence-electron chi connectivity index (χ4n) is 3.59. The van der Waals surface area contributed by atoms with Crippen molar-refractivity contribution in [3.8, 4) is 5.75 Å². The molecule has 0 amide bonds. The molecule has 0 aliphatic carbocycles. The maximum Gasteiger partial charge on any atom is 0.243 e. The smallest absolute Gasteiger partial charge is 0.243 e. The molecule has 1 fully saturated rings. The van der Waals surface area contributed by atoms with Gasteiger partial charge in [0.25, 0.3) is 0 Å². The monoisotopic (exact) mass is 378 g/mol. The normalized spacial score (nSPS) is 19.4. The van der Waals surface area contributed by atoms with Gasteiger partial charge in [0.05, 0.1) is 12.0 Å². The second-order valence-corrected chi connectivity index (χ2v) is 9.64. The van der Waals surface area contributed by atoms with E-state index >= 15 is 0 Å². The number of nitrogens with zero attached hydrogens (tertiary/aromatic N) is 2. The zero-order chi connectivity index (χ0) is 17.6. The Hall–Kier alpha value is -1.41. The third-order valence-electron chi connectivity index (χ3n) is 5.19. The van der Waals surface area contributed by atoms with Crippen molar-refractivity contribution < 1.29 is 13.2 Å². The summed E-state index contributed by atoms with van der Waals surface area (Å²) in [7, 11) is -1.83. The number of methoxy groups -OCH3 is 1. The summed E-state index contributed by atoms with van der Waals surface area (Å²) in [6.45, 7) is 4.98. The van der Waals surface area contributed by atoms with Gasteiger partial charge in [-0.1, -0.05) is 0 Å². The van der Waals surface area contributed by atoms with Crippen LogP contribution in [0.15, 0.2) is 34.5 Å². The van der Waals surface area contributed by atoms with Crippen molar-refractivity contribution in [3.05, 3.63) is 45.6 Å². The molecule has 0 atom stereocenters. The van der Waals surface area contributed by atoms with Crippen molar-refractivity contribution in [2.75, 3.05) is 26.7 Å². The van der Waals surface area contributed by atoms with Crippen LogP contribution in [-0.4, -0.2) is 50.4 Å². The summed E-state index contributed by atoms with van der Waals surface area (Å²) in [5, 5.41) is 2.15. The van der Waals surface area contributed by atoms with Gasteiger partial charge in [-0.3, -0.25) is 4.90 Å². The van der Waals surface area contributed by atoms with Crippen molar-refractivity contribution in [1.82, 2.24) is 9.21 Å². The van der Waals surface area contributed by atoms with Gasteiger partial charge in [0.15, 0.2) is 0 Å². The van der Waals surface area contributed by atoms with Gasteiger partial charge in [0.2, 0.25) is 10.0 Å². The first-order chi connectivity index (χ1) is 12.0. The minimum absolute atomic E-state index is 0.321. The van der Waals surface area contributed by atoms with E-state index in [9.17, 15) is 8.42 Å². The highest BCUT2D eigenvalue weighted by atomic mass is 32.2. The molecular weight excluding hydrogens is 356 g/mol. The molecule has 2 aliphatic heterocycles. The molecule has 0 unspecified atom stereocenters. The number of rotatable bonds is 4. The van der Waals surface area contributed by atoms with Crippen LogP contribution in [0, 0.1) is 6.92 Å². The first-order valence-electron chi connectivity index (χ1n) is 8.43. The average molecular weight is 379 g/mol. The van der Waals surface area contributed by atoms with E-state index in [1.165, 1.54) is 10.4 Å². The minimum atomic E-state index is -3.42. The van der Waals surface area contributed by atoms with E-state index in [0.717, 1.165) is 25.1 Å². The second kappa shape index (κ2) is 6.39. The lowest BCUT2D eigenvalue weighted by atomic mass is 10.0. The van der Waals surface area contributed by atoms with Crippen LogP contribution in [0.3, 0.4) is 0 Å². The first kappa shape index (κ1) is 17.0. The van der Waals surface area contributed by atoms with E-state index in [1.807, 2.05) is 18.3 Å². The van der Waals surface area contributed by atoms with Crippen LogP contribution in [0.1, 0.15) is 16.0 Å². The maximum atomic E-state index is 12.8. The second-order valence-electron chi connectivity index (χ2n) is 6.70. The zero-order valence-electron chi connectivity index (χ0n) is 14.4. The molecule has 4 rings (SSSR count). The first-order valence-corrected chi connectivity index (χ1v) is 10.7. The number of benzene rings is 1. The fourth-order valence-corrected chi connectivity index (χ4v) is 6.08. The Labute approximate surface area is 152 Å². The third kappa shape index (κ3) is 2.99. The molecule has 25 heavy (non-hydrogen) atoms. The molecule has 1 aromatic carbocycles. The molecular formula is C18H22N2O3S2. The molecule has 7 heteroatoms. The van der Waals surface area contributed by atoms with Gasteiger partial charge in [0.1, 0.15) is 5.75 Å². The predicted octanol–water partition coefficient (Wildman–Crippen LogP) is 2.50. The highest BCUT2D eigenvalue weighted by Crippen LogP contribution is 2.31. The molecule has 0 radical (unpaired) electrons. The summed E-state index contributed by atoms with van der Waals surface area (Å²) in [5.74, 6) is 0.709. The molecule has 0 saturated carbocycles. The van der Waals surface area contributed by atoms with E-state index in [1.54, 1.807) is 29.6 Å². The number of hydrogen-bond acceptors (Lipinski definition) is 5. The van der Waals surface area contributed by atoms with E-state index in [-0.39, 0.29) is 0 Å². The number of hydrogen-bond donors (Lipinski definition) is 0. The summed E-state index contributed by atoms with van der Waals surface area (Å²) < 4.78 is 32.4. The molecule has 1 saturated heterocycles. The standard InChI is InChI=1S/C18H22N2O3S2/c1-13-9-16(3-4-17(13)23-2)25(21,22)20-11-15(12-20)19-7-5-18-14(10-19)6-8-24-18/h3-4,6,8-9,15H,5,7,10-12H2,1-2H3. The fraction of sp³-hybridized carbons (Fsp3) is 0.444. The lowest BCUT2D eigenvalue weighted by Crippen LogP contribution is -2.61. The molecule has 0 bridgehead atoms. The lowest BCUT2D eigenvalue weighted by Gasteiger charge is -2.45. The van der Waals surface area contributed by atoms with Gasteiger partial charge in [-0.15, -0.1) is 11.3 Å². The van der Waals surface area contributed by atoms with Crippen LogP contribution in [0.5, 0.6) is 5.75 Å². The Bertz CT molecular complexity index is 885. The molecule has 134 valence electrons. The largest absolute Gasteiger partial charge is 0.496 e. The Morgan fingerprint density at radius 3 is 2.76 bits per heavy atom. The van der Waals surface area contributed by atoms with Crippen molar-refractivity contribution >= 4 is 21.4 Å². The summed E-state index contributed by atoms with van der Waals surface area (Å²) in [4.78, 5) is 4.25. The SMILES string of the molecule is COc1ccc(S(=O)(=O)N2CC(N3CCc4sccc4C3)C2)cc1C. The summed E-state index contributed by atoms with van der Waals surface area (Å²) in [5.41, 5.74) is 2.24. The lowest BCUT2D eigenvalue weighted by molar-refractivity contribution is 0.0775. The molecule has 5 nitrogen and oxygen atoms in total. The van der Waals surface area contributed by atoms with Crippen molar-refractivity contribution in [2.24, 2.45) is 0 Å². The number of fused-ring (bicyclic) bond motifs is 1. The van der Waals surface area contributed by atoms with Gasteiger partial charge in [-0.2, -0.15) is 4.31 Å². The van der Waals surface area contributed by atoms with Crippen LogP contribution in [0.25, 0.3) is 0 Å². The molecule has 0 N–H and O–H groups in total.